The quantitative estimate of drug-likeness (QED) is 0.616. The van der Waals surface area contributed by atoms with Crippen molar-refractivity contribution in [3.63, 3.8) is 0 Å². The molecule has 1 heterocycles. The van der Waals surface area contributed by atoms with Crippen molar-refractivity contribution in [2.45, 2.75) is 32.1 Å². The summed E-state index contributed by atoms with van der Waals surface area (Å²) in [6.07, 6.45) is 8.84. The molecule has 0 radical (unpaired) electrons. The van der Waals surface area contributed by atoms with Crippen molar-refractivity contribution >= 4 is 33.9 Å². The molecule has 120 valence electrons. The first-order valence-corrected chi connectivity index (χ1v) is 8.29. The van der Waals surface area contributed by atoms with Crippen LogP contribution in [0.4, 0.5) is 0 Å². The van der Waals surface area contributed by atoms with Crippen LogP contribution in [0.25, 0.3) is 6.08 Å². The number of carbonyl (C=O) groups excluding carboxylic acids is 2. The SMILES string of the molecule is O=C(COC(=O)/C=C/c1ccc(Br)o1)NCC1CCCCC1. The molecule has 6 heteroatoms. The van der Waals surface area contributed by atoms with Crippen LogP contribution >= 0.6 is 15.9 Å². The number of carbonyl (C=O) groups is 2. The fourth-order valence-corrected chi connectivity index (χ4v) is 2.77. The topological polar surface area (TPSA) is 68.5 Å². The van der Waals surface area contributed by atoms with Crippen molar-refractivity contribution in [1.29, 1.82) is 0 Å². The number of amides is 1. The van der Waals surface area contributed by atoms with Crippen LogP contribution in [0.5, 0.6) is 0 Å². The van der Waals surface area contributed by atoms with E-state index in [4.69, 9.17) is 9.15 Å². The first-order valence-electron chi connectivity index (χ1n) is 7.50. The second-order valence-electron chi connectivity index (χ2n) is 5.39. The van der Waals surface area contributed by atoms with Gasteiger partial charge in [0.1, 0.15) is 5.76 Å². The third-order valence-corrected chi connectivity index (χ3v) is 4.06. The number of furan rings is 1. The lowest BCUT2D eigenvalue weighted by Gasteiger charge is -2.21. The number of ether oxygens (including phenoxy) is 1. The van der Waals surface area contributed by atoms with Crippen LogP contribution in [0.3, 0.4) is 0 Å². The van der Waals surface area contributed by atoms with Crippen molar-refractivity contribution in [3.8, 4) is 0 Å². The van der Waals surface area contributed by atoms with Gasteiger partial charge in [-0.15, -0.1) is 0 Å². The Labute approximate surface area is 138 Å². The molecule has 1 saturated carbocycles. The van der Waals surface area contributed by atoms with E-state index in [2.05, 4.69) is 21.2 Å². The number of halogens is 1. The lowest BCUT2D eigenvalue weighted by molar-refractivity contribution is -0.143. The summed E-state index contributed by atoms with van der Waals surface area (Å²) in [5, 5.41) is 2.82. The van der Waals surface area contributed by atoms with Crippen LogP contribution in [0.2, 0.25) is 0 Å². The Hall–Kier alpha value is -1.56. The molecule has 1 aromatic rings. The van der Waals surface area contributed by atoms with Gasteiger partial charge in [-0.25, -0.2) is 4.79 Å². The molecule has 22 heavy (non-hydrogen) atoms. The predicted octanol–water partition coefficient (Wildman–Crippen LogP) is 3.30. The number of rotatable bonds is 6. The average molecular weight is 370 g/mol. The molecular weight excluding hydrogens is 350 g/mol. The fraction of sp³-hybridized carbons (Fsp3) is 0.500. The number of hydrogen-bond acceptors (Lipinski definition) is 4. The van der Waals surface area contributed by atoms with Crippen molar-refractivity contribution in [2.75, 3.05) is 13.2 Å². The summed E-state index contributed by atoms with van der Waals surface area (Å²) in [5.41, 5.74) is 0. The monoisotopic (exact) mass is 369 g/mol. The van der Waals surface area contributed by atoms with E-state index in [0.717, 1.165) is 0 Å². The van der Waals surface area contributed by atoms with E-state index in [9.17, 15) is 9.59 Å². The van der Waals surface area contributed by atoms with E-state index < -0.39 is 5.97 Å². The minimum absolute atomic E-state index is 0.252. The van der Waals surface area contributed by atoms with Crippen LogP contribution in [0.15, 0.2) is 27.3 Å². The summed E-state index contributed by atoms with van der Waals surface area (Å²) in [7, 11) is 0. The lowest BCUT2D eigenvalue weighted by Crippen LogP contribution is -2.33. The second-order valence-corrected chi connectivity index (χ2v) is 6.17. The Morgan fingerprint density at radius 2 is 2.09 bits per heavy atom. The zero-order valence-electron chi connectivity index (χ0n) is 12.3. The van der Waals surface area contributed by atoms with Crippen LogP contribution in [-0.4, -0.2) is 25.0 Å². The van der Waals surface area contributed by atoms with Crippen LogP contribution < -0.4 is 5.32 Å². The highest BCUT2D eigenvalue weighted by molar-refractivity contribution is 9.10. The molecule has 0 spiro atoms. The molecule has 0 atom stereocenters. The number of hydrogen-bond donors (Lipinski definition) is 1. The zero-order chi connectivity index (χ0) is 15.8. The first-order chi connectivity index (χ1) is 10.6. The summed E-state index contributed by atoms with van der Waals surface area (Å²) in [6, 6.07) is 3.44. The average Bonchev–Trinajstić information content (AvgIpc) is 2.95. The van der Waals surface area contributed by atoms with Crippen molar-refractivity contribution in [1.82, 2.24) is 5.32 Å². The smallest absolute Gasteiger partial charge is 0.331 e. The van der Waals surface area contributed by atoms with E-state index in [1.807, 2.05) is 0 Å². The Morgan fingerprint density at radius 1 is 1.32 bits per heavy atom. The van der Waals surface area contributed by atoms with Crippen molar-refractivity contribution < 1.29 is 18.7 Å². The molecule has 1 aliphatic rings. The lowest BCUT2D eigenvalue weighted by atomic mass is 9.89. The molecule has 0 aliphatic heterocycles. The molecule has 1 amide bonds. The normalized spacial score (nSPS) is 15.9. The summed E-state index contributed by atoms with van der Waals surface area (Å²) in [4.78, 5) is 23.1. The van der Waals surface area contributed by atoms with Gasteiger partial charge in [0.15, 0.2) is 11.3 Å². The maximum atomic E-state index is 11.6. The minimum Gasteiger partial charge on any atom is -0.452 e. The Bertz CT molecular complexity index is 532. The summed E-state index contributed by atoms with van der Waals surface area (Å²) >= 11 is 3.17. The zero-order valence-corrected chi connectivity index (χ0v) is 13.9. The number of nitrogens with one attached hydrogen (secondary N) is 1. The standard InChI is InChI=1S/C16H20BrNO4/c17-14-8-6-13(22-14)7-9-16(20)21-11-15(19)18-10-12-4-2-1-3-5-12/h6-9,12H,1-5,10-11H2,(H,18,19)/b9-7+. The van der Waals surface area contributed by atoms with Crippen LogP contribution in [0.1, 0.15) is 37.9 Å². The van der Waals surface area contributed by atoms with Gasteiger partial charge in [-0.05, 0) is 52.9 Å². The van der Waals surface area contributed by atoms with Crippen LogP contribution in [0, 0.1) is 5.92 Å². The number of esters is 1. The molecule has 1 N–H and O–H groups in total. The van der Waals surface area contributed by atoms with Gasteiger partial charge in [0.05, 0.1) is 0 Å². The maximum Gasteiger partial charge on any atom is 0.331 e. The van der Waals surface area contributed by atoms with Crippen LogP contribution in [-0.2, 0) is 14.3 Å². The van der Waals surface area contributed by atoms with E-state index in [0.29, 0.717) is 22.9 Å². The summed E-state index contributed by atoms with van der Waals surface area (Å²) < 4.78 is 10.7. The highest BCUT2D eigenvalue weighted by Crippen LogP contribution is 2.22. The van der Waals surface area contributed by atoms with E-state index in [1.54, 1.807) is 12.1 Å². The van der Waals surface area contributed by atoms with Crippen molar-refractivity contribution in [3.05, 3.63) is 28.6 Å². The summed E-state index contributed by atoms with van der Waals surface area (Å²) in [6.45, 7) is 0.421. The second kappa shape index (κ2) is 8.78. The third kappa shape index (κ3) is 6.05. The molecule has 0 unspecified atom stereocenters. The van der Waals surface area contributed by atoms with Gasteiger partial charge in [0.2, 0.25) is 0 Å². The minimum atomic E-state index is -0.569. The molecule has 5 nitrogen and oxygen atoms in total. The Balaban J connectivity index is 1.62. The highest BCUT2D eigenvalue weighted by Gasteiger charge is 2.14. The Morgan fingerprint density at radius 3 is 2.77 bits per heavy atom. The molecule has 0 aromatic carbocycles. The maximum absolute atomic E-state index is 11.6. The third-order valence-electron chi connectivity index (χ3n) is 3.64. The van der Waals surface area contributed by atoms with Gasteiger partial charge in [-0.1, -0.05) is 19.3 Å². The van der Waals surface area contributed by atoms with E-state index in [1.165, 1.54) is 44.3 Å². The van der Waals surface area contributed by atoms with Crippen molar-refractivity contribution in [2.24, 2.45) is 5.92 Å². The van der Waals surface area contributed by atoms with Gasteiger partial charge in [0, 0.05) is 12.6 Å². The summed E-state index contributed by atoms with van der Waals surface area (Å²) in [5.74, 6) is 0.268. The molecule has 1 fully saturated rings. The Kier molecular flexibility index (Phi) is 6.71. The van der Waals surface area contributed by atoms with Gasteiger partial charge in [-0.2, -0.15) is 0 Å². The molecule has 1 aromatic heterocycles. The molecule has 0 saturated heterocycles. The van der Waals surface area contributed by atoms with Gasteiger partial charge in [0.25, 0.3) is 5.91 Å². The molecular formula is C16H20BrNO4. The highest BCUT2D eigenvalue weighted by atomic mass is 79.9. The largest absolute Gasteiger partial charge is 0.452 e. The molecule has 2 rings (SSSR count). The molecule has 1 aliphatic carbocycles. The first kappa shape index (κ1) is 16.8. The molecule has 0 bridgehead atoms. The van der Waals surface area contributed by atoms with E-state index in [-0.39, 0.29) is 12.5 Å². The van der Waals surface area contributed by atoms with Gasteiger partial charge >= 0.3 is 5.97 Å². The predicted molar refractivity (Wildman–Crippen MR) is 86.0 cm³/mol. The van der Waals surface area contributed by atoms with Gasteiger partial charge in [-0.3, -0.25) is 4.79 Å². The van der Waals surface area contributed by atoms with E-state index >= 15 is 0 Å². The fourth-order valence-electron chi connectivity index (χ4n) is 2.45. The van der Waals surface area contributed by atoms with Gasteiger partial charge < -0.3 is 14.5 Å².